The molecule has 0 spiro atoms. The molecule has 0 fully saturated rings. The van der Waals surface area contributed by atoms with Crippen LogP contribution in [-0.2, 0) is 0 Å². The van der Waals surface area contributed by atoms with Gasteiger partial charge in [0.25, 0.3) is 0 Å². The lowest BCUT2D eigenvalue weighted by Crippen LogP contribution is -1.92. The molecule has 0 heterocycles. The Morgan fingerprint density at radius 3 is 2.69 bits per heavy atom. The number of phenols is 1. The smallest absolute Gasteiger partial charge is 0.124 e. The van der Waals surface area contributed by atoms with Crippen LogP contribution in [0.25, 0.3) is 0 Å². The average molecular weight is 196 g/mol. The van der Waals surface area contributed by atoms with Gasteiger partial charge < -0.3 is 5.11 Å². The van der Waals surface area contributed by atoms with Crippen molar-refractivity contribution in [2.24, 2.45) is 0 Å². The van der Waals surface area contributed by atoms with E-state index in [-0.39, 0.29) is 11.7 Å². The normalized spacial score (nSPS) is 12.2. The first-order valence-corrected chi connectivity index (χ1v) is 4.33. The van der Waals surface area contributed by atoms with Gasteiger partial charge in [0.15, 0.2) is 0 Å². The standard InChI is InChI=1S/C10H10ClNO/c1-6(5-12)8-3-4-9(11)7(2)10(8)13/h3-4,6,13H,1-2H3. The predicted octanol–water partition coefficient (Wildman–Crippen LogP) is 2.98. The Bertz CT molecular complexity index is 368. The van der Waals surface area contributed by atoms with Gasteiger partial charge in [-0.2, -0.15) is 5.26 Å². The largest absolute Gasteiger partial charge is 0.507 e. The van der Waals surface area contributed by atoms with Crippen LogP contribution in [-0.4, -0.2) is 5.11 Å². The summed E-state index contributed by atoms with van der Waals surface area (Å²) in [4.78, 5) is 0. The van der Waals surface area contributed by atoms with Crippen molar-refractivity contribution in [1.29, 1.82) is 5.26 Å². The molecule has 1 aromatic rings. The highest BCUT2D eigenvalue weighted by Gasteiger charge is 2.12. The number of halogens is 1. The van der Waals surface area contributed by atoms with Crippen LogP contribution in [0.1, 0.15) is 24.0 Å². The van der Waals surface area contributed by atoms with E-state index in [1.165, 1.54) is 0 Å². The van der Waals surface area contributed by atoms with Crippen molar-refractivity contribution >= 4 is 11.6 Å². The summed E-state index contributed by atoms with van der Waals surface area (Å²) in [6.45, 7) is 3.47. The van der Waals surface area contributed by atoms with Crippen LogP contribution in [0.5, 0.6) is 5.75 Å². The van der Waals surface area contributed by atoms with Crippen LogP contribution in [0.15, 0.2) is 12.1 Å². The van der Waals surface area contributed by atoms with Crippen molar-refractivity contribution in [2.45, 2.75) is 19.8 Å². The zero-order valence-corrected chi connectivity index (χ0v) is 8.26. The van der Waals surface area contributed by atoms with Gasteiger partial charge in [0, 0.05) is 16.1 Å². The van der Waals surface area contributed by atoms with Crippen molar-refractivity contribution < 1.29 is 5.11 Å². The molecule has 1 rings (SSSR count). The number of aromatic hydroxyl groups is 1. The van der Waals surface area contributed by atoms with Crippen molar-refractivity contribution in [3.8, 4) is 11.8 Å². The first-order chi connectivity index (χ1) is 6.07. The quantitative estimate of drug-likeness (QED) is 0.749. The molecule has 1 unspecified atom stereocenters. The summed E-state index contributed by atoms with van der Waals surface area (Å²) < 4.78 is 0. The van der Waals surface area contributed by atoms with E-state index in [1.54, 1.807) is 26.0 Å². The number of benzene rings is 1. The third kappa shape index (κ3) is 1.76. The lowest BCUT2D eigenvalue weighted by atomic mass is 9.99. The van der Waals surface area contributed by atoms with Crippen LogP contribution in [0.3, 0.4) is 0 Å². The number of phenolic OH excluding ortho intramolecular Hbond substituents is 1. The first-order valence-electron chi connectivity index (χ1n) is 3.95. The highest BCUT2D eigenvalue weighted by Crippen LogP contribution is 2.32. The summed E-state index contributed by atoms with van der Waals surface area (Å²) in [5.74, 6) is -0.183. The van der Waals surface area contributed by atoms with Gasteiger partial charge in [0.2, 0.25) is 0 Å². The number of rotatable bonds is 1. The van der Waals surface area contributed by atoms with E-state index < -0.39 is 0 Å². The van der Waals surface area contributed by atoms with E-state index in [9.17, 15) is 5.11 Å². The Kier molecular flexibility index (Phi) is 2.79. The summed E-state index contributed by atoms with van der Waals surface area (Å²) in [5, 5.41) is 18.8. The molecule has 3 heteroatoms. The molecule has 13 heavy (non-hydrogen) atoms. The van der Waals surface area contributed by atoms with Crippen LogP contribution in [0.2, 0.25) is 5.02 Å². The van der Waals surface area contributed by atoms with Gasteiger partial charge in [-0.3, -0.25) is 0 Å². The predicted molar refractivity (Wildman–Crippen MR) is 51.9 cm³/mol. The van der Waals surface area contributed by atoms with Gasteiger partial charge >= 0.3 is 0 Å². The Hall–Kier alpha value is -1.20. The SMILES string of the molecule is Cc1c(Cl)ccc(C(C)C#N)c1O. The number of hydrogen-bond acceptors (Lipinski definition) is 2. The van der Waals surface area contributed by atoms with E-state index >= 15 is 0 Å². The van der Waals surface area contributed by atoms with Crippen molar-refractivity contribution in [2.75, 3.05) is 0 Å². The second-order valence-corrected chi connectivity index (χ2v) is 3.37. The fourth-order valence-electron chi connectivity index (χ4n) is 1.12. The summed E-state index contributed by atoms with van der Waals surface area (Å²) in [7, 11) is 0. The maximum absolute atomic E-state index is 9.64. The van der Waals surface area contributed by atoms with Crippen LogP contribution >= 0.6 is 11.6 Å². The molecule has 0 aliphatic carbocycles. The lowest BCUT2D eigenvalue weighted by Gasteiger charge is -2.09. The van der Waals surface area contributed by atoms with Gasteiger partial charge in [0.1, 0.15) is 5.75 Å². The number of nitrogens with zero attached hydrogens (tertiary/aromatic N) is 1. The second-order valence-electron chi connectivity index (χ2n) is 2.96. The van der Waals surface area contributed by atoms with Crippen LogP contribution in [0.4, 0.5) is 0 Å². The molecule has 0 saturated carbocycles. The summed E-state index contributed by atoms with van der Waals surface area (Å²) >= 11 is 5.79. The maximum Gasteiger partial charge on any atom is 0.124 e. The highest BCUT2D eigenvalue weighted by atomic mass is 35.5. The third-order valence-electron chi connectivity index (χ3n) is 2.06. The maximum atomic E-state index is 9.64. The van der Waals surface area contributed by atoms with Crippen molar-refractivity contribution in [1.82, 2.24) is 0 Å². The third-order valence-corrected chi connectivity index (χ3v) is 2.47. The first kappa shape index (κ1) is 9.88. The van der Waals surface area contributed by atoms with Gasteiger partial charge in [-0.15, -0.1) is 0 Å². The average Bonchev–Trinajstić information content (AvgIpc) is 2.13. The molecular formula is C10H10ClNO. The van der Waals surface area contributed by atoms with E-state index in [0.717, 1.165) is 0 Å². The van der Waals surface area contributed by atoms with Gasteiger partial charge in [-0.1, -0.05) is 17.7 Å². The molecular weight excluding hydrogens is 186 g/mol. The minimum atomic E-state index is -0.309. The van der Waals surface area contributed by atoms with Gasteiger partial charge in [-0.05, 0) is 19.9 Å². The molecule has 0 aliphatic rings. The zero-order valence-electron chi connectivity index (χ0n) is 7.50. The summed E-state index contributed by atoms with van der Waals surface area (Å²) in [6.07, 6.45) is 0. The fraction of sp³-hybridized carbons (Fsp3) is 0.300. The molecule has 2 nitrogen and oxygen atoms in total. The summed E-state index contributed by atoms with van der Waals surface area (Å²) in [5.41, 5.74) is 1.26. The Morgan fingerprint density at radius 1 is 1.54 bits per heavy atom. The second kappa shape index (κ2) is 3.68. The van der Waals surface area contributed by atoms with Crippen molar-refractivity contribution in [3.63, 3.8) is 0 Å². The molecule has 0 aromatic heterocycles. The molecule has 0 amide bonds. The molecule has 0 saturated heterocycles. The minimum absolute atomic E-state index is 0.126. The fourth-order valence-corrected chi connectivity index (χ4v) is 1.27. The molecule has 1 atom stereocenters. The van der Waals surface area contributed by atoms with Crippen LogP contribution < -0.4 is 0 Å². The lowest BCUT2D eigenvalue weighted by molar-refractivity contribution is 0.463. The number of nitriles is 1. The van der Waals surface area contributed by atoms with E-state index in [1.807, 2.05) is 0 Å². The zero-order chi connectivity index (χ0) is 10.0. The van der Waals surface area contributed by atoms with Gasteiger partial charge in [0.05, 0.1) is 12.0 Å². The molecule has 0 aliphatic heterocycles. The Balaban J connectivity index is 3.28. The molecule has 0 radical (unpaired) electrons. The summed E-state index contributed by atoms with van der Waals surface area (Å²) in [6, 6.07) is 5.44. The van der Waals surface area contributed by atoms with E-state index in [2.05, 4.69) is 6.07 Å². The van der Waals surface area contributed by atoms with Crippen molar-refractivity contribution in [3.05, 3.63) is 28.3 Å². The molecule has 1 N–H and O–H groups in total. The van der Waals surface area contributed by atoms with E-state index in [0.29, 0.717) is 16.1 Å². The monoisotopic (exact) mass is 195 g/mol. The molecule has 1 aromatic carbocycles. The van der Waals surface area contributed by atoms with Crippen LogP contribution in [0, 0.1) is 18.3 Å². The molecule has 0 bridgehead atoms. The highest BCUT2D eigenvalue weighted by molar-refractivity contribution is 6.31. The topological polar surface area (TPSA) is 44.0 Å². The van der Waals surface area contributed by atoms with Gasteiger partial charge in [-0.25, -0.2) is 0 Å². The van der Waals surface area contributed by atoms with E-state index in [4.69, 9.17) is 16.9 Å². The Morgan fingerprint density at radius 2 is 2.15 bits per heavy atom. The number of hydrogen-bond donors (Lipinski definition) is 1. The minimum Gasteiger partial charge on any atom is -0.507 e. The Labute approximate surface area is 82.4 Å². The molecule has 68 valence electrons.